The Hall–Kier alpha value is -3.70. The van der Waals surface area contributed by atoms with Crippen LogP contribution in [0.3, 0.4) is 0 Å². The molecule has 0 unspecified atom stereocenters. The number of carbonyl (C=O) groups excluding carboxylic acids is 2. The first kappa shape index (κ1) is 23.5. The number of carbonyl (C=O) groups is 2. The van der Waals surface area contributed by atoms with Crippen molar-refractivity contribution in [1.82, 2.24) is 15.6 Å². The first-order valence-electron chi connectivity index (χ1n) is 11.7. The minimum atomic E-state index is -0.432. The van der Waals surface area contributed by atoms with Crippen molar-refractivity contribution < 1.29 is 9.59 Å². The van der Waals surface area contributed by atoms with Crippen LogP contribution in [0.1, 0.15) is 45.1 Å². The van der Waals surface area contributed by atoms with Gasteiger partial charge in [0.25, 0.3) is 0 Å². The Kier molecular flexibility index (Phi) is 7.55. The predicted molar refractivity (Wildman–Crippen MR) is 137 cm³/mol. The lowest BCUT2D eigenvalue weighted by atomic mass is 9.96. The first-order valence-corrected chi connectivity index (χ1v) is 11.7. The minimum absolute atomic E-state index is 0.0184. The third kappa shape index (κ3) is 5.61. The van der Waals surface area contributed by atoms with Gasteiger partial charge in [0.05, 0.1) is 6.04 Å². The zero-order valence-electron chi connectivity index (χ0n) is 19.7. The number of aromatic amines is 1. The second-order valence-electron chi connectivity index (χ2n) is 8.65. The van der Waals surface area contributed by atoms with E-state index in [0.29, 0.717) is 24.9 Å². The second-order valence-corrected chi connectivity index (χ2v) is 8.65. The van der Waals surface area contributed by atoms with Crippen LogP contribution in [0.15, 0.2) is 79.0 Å². The third-order valence-electron chi connectivity index (χ3n) is 6.21. The highest BCUT2D eigenvalue weighted by molar-refractivity contribution is 6.10. The number of benzene rings is 3. The molecule has 174 valence electrons. The molecule has 0 bridgehead atoms. The quantitative estimate of drug-likeness (QED) is 0.299. The number of Topliss-reactive ketones (excluding diaryl/α,β-unsaturated/α-hetero) is 1. The molecule has 0 aliphatic heterocycles. The summed E-state index contributed by atoms with van der Waals surface area (Å²) in [6.07, 6.45) is 3.74. The normalized spacial score (nSPS) is 11.9. The average Bonchev–Trinajstić information content (AvgIpc) is 3.29. The molecule has 3 N–H and O–H groups in total. The number of nitrogens with one attached hydrogen (secondary N) is 3. The molecule has 0 saturated carbocycles. The van der Waals surface area contributed by atoms with Crippen molar-refractivity contribution in [3.8, 4) is 0 Å². The van der Waals surface area contributed by atoms with Gasteiger partial charge < -0.3 is 15.6 Å². The smallest absolute Gasteiger partial charge is 0.220 e. The number of H-pyrrole nitrogens is 1. The van der Waals surface area contributed by atoms with Gasteiger partial charge in [0, 0.05) is 42.7 Å². The van der Waals surface area contributed by atoms with Crippen LogP contribution in [0, 0.1) is 6.92 Å². The van der Waals surface area contributed by atoms with E-state index >= 15 is 0 Å². The Balaban J connectivity index is 1.53. The lowest BCUT2D eigenvalue weighted by Gasteiger charge is -2.18. The summed E-state index contributed by atoms with van der Waals surface area (Å²) < 4.78 is 0. The van der Waals surface area contributed by atoms with Crippen molar-refractivity contribution in [2.75, 3.05) is 13.6 Å². The molecule has 4 aromatic rings. The number of aromatic nitrogens is 1. The van der Waals surface area contributed by atoms with Crippen LogP contribution in [0.2, 0.25) is 0 Å². The monoisotopic (exact) mass is 453 g/mol. The summed E-state index contributed by atoms with van der Waals surface area (Å²) in [6.45, 7) is 2.78. The first-order chi connectivity index (χ1) is 16.5. The number of ketones is 1. The van der Waals surface area contributed by atoms with Gasteiger partial charge in [-0.3, -0.25) is 9.59 Å². The van der Waals surface area contributed by atoms with Crippen molar-refractivity contribution >= 4 is 22.6 Å². The third-order valence-corrected chi connectivity index (χ3v) is 6.21. The van der Waals surface area contributed by atoms with E-state index in [1.807, 2.05) is 48.5 Å². The molecule has 1 atom stereocenters. The largest absolute Gasteiger partial charge is 0.360 e. The van der Waals surface area contributed by atoms with Crippen molar-refractivity contribution in [2.24, 2.45) is 0 Å². The molecule has 0 aliphatic rings. The Morgan fingerprint density at radius 3 is 2.38 bits per heavy atom. The van der Waals surface area contributed by atoms with Crippen LogP contribution in [0.4, 0.5) is 0 Å². The number of aryl methyl sites for hydroxylation is 2. The van der Waals surface area contributed by atoms with Crippen molar-refractivity contribution in [2.45, 2.75) is 32.2 Å². The maximum atomic E-state index is 13.7. The molecule has 0 spiro atoms. The van der Waals surface area contributed by atoms with E-state index in [4.69, 9.17) is 0 Å². The topological polar surface area (TPSA) is 74.0 Å². The molecule has 0 aliphatic carbocycles. The van der Waals surface area contributed by atoms with Gasteiger partial charge in [-0.2, -0.15) is 0 Å². The molecule has 4 rings (SSSR count). The van der Waals surface area contributed by atoms with Gasteiger partial charge in [-0.15, -0.1) is 0 Å². The molecule has 0 fully saturated rings. The summed E-state index contributed by atoms with van der Waals surface area (Å²) >= 11 is 0. The van der Waals surface area contributed by atoms with Gasteiger partial charge in [-0.25, -0.2) is 0 Å². The Morgan fingerprint density at radius 1 is 0.912 bits per heavy atom. The lowest BCUT2D eigenvalue weighted by molar-refractivity contribution is -0.120. The Bertz CT molecular complexity index is 1260. The molecular formula is C29H31N3O2. The van der Waals surface area contributed by atoms with E-state index in [0.717, 1.165) is 28.5 Å². The summed E-state index contributed by atoms with van der Waals surface area (Å²) in [5.74, 6) is 0.0596. The van der Waals surface area contributed by atoms with E-state index < -0.39 is 6.04 Å². The molecule has 3 aromatic carbocycles. The molecule has 1 amide bonds. The maximum absolute atomic E-state index is 13.7. The number of hydrogen-bond donors (Lipinski definition) is 3. The summed E-state index contributed by atoms with van der Waals surface area (Å²) in [6, 6.07) is 23.9. The predicted octanol–water partition coefficient (Wildman–Crippen LogP) is 4.91. The number of hydrogen-bond acceptors (Lipinski definition) is 3. The van der Waals surface area contributed by atoms with E-state index in [2.05, 4.69) is 46.8 Å². The Morgan fingerprint density at radius 2 is 1.65 bits per heavy atom. The van der Waals surface area contributed by atoms with Crippen LogP contribution in [0.25, 0.3) is 10.9 Å². The summed E-state index contributed by atoms with van der Waals surface area (Å²) in [5, 5.41) is 7.04. The van der Waals surface area contributed by atoms with Gasteiger partial charge in [0.1, 0.15) is 0 Å². The molecule has 0 saturated heterocycles. The Labute approximate surface area is 200 Å². The maximum Gasteiger partial charge on any atom is 0.220 e. The highest BCUT2D eigenvalue weighted by Crippen LogP contribution is 2.26. The molecule has 1 aromatic heterocycles. The van der Waals surface area contributed by atoms with Gasteiger partial charge >= 0.3 is 0 Å². The standard InChI is InChI=1S/C29H31N3O2/c1-20-8-10-21(11-9-20)16-17-31-28(23-6-4-3-5-7-23)29(34)25-19-32-26-18-22(12-14-24(25)26)13-15-27(33)30-2/h3-12,14,18-19,28,31-32H,13,15-17H2,1-2H3,(H,30,33)/t28-/m1/s1. The van der Waals surface area contributed by atoms with Crippen LogP contribution in [-0.2, 0) is 17.6 Å². The van der Waals surface area contributed by atoms with Gasteiger partial charge in [0.15, 0.2) is 5.78 Å². The van der Waals surface area contributed by atoms with Gasteiger partial charge in [-0.05, 0) is 42.5 Å². The van der Waals surface area contributed by atoms with E-state index in [-0.39, 0.29) is 11.7 Å². The molecule has 1 heterocycles. The van der Waals surface area contributed by atoms with Crippen molar-refractivity contribution in [3.05, 3.63) is 107 Å². The van der Waals surface area contributed by atoms with Crippen LogP contribution in [0.5, 0.6) is 0 Å². The fourth-order valence-corrected chi connectivity index (χ4v) is 4.19. The van der Waals surface area contributed by atoms with Crippen LogP contribution >= 0.6 is 0 Å². The minimum Gasteiger partial charge on any atom is -0.360 e. The number of rotatable bonds is 10. The number of amides is 1. The second kappa shape index (κ2) is 10.9. The van der Waals surface area contributed by atoms with Gasteiger partial charge in [0.2, 0.25) is 5.91 Å². The molecule has 34 heavy (non-hydrogen) atoms. The SMILES string of the molecule is CNC(=O)CCc1ccc2c(C(=O)[C@H](NCCc3ccc(C)cc3)c3ccccc3)c[nH]c2c1. The zero-order chi connectivity index (χ0) is 23.9. The zero-order valence-corrected chi connectivity index (χ0v) is 19.7. The average molecular weight is 454 g/mol. The molecular weight excluding hydrogens is 422 g/mol. The lowest BCUT2D eigenvalue weighted by Crippen LogP contribution is -2.30. The van der Waals surface area contributed by atoms with Crippen LogP contribution in [-0.4, -0.2) is 30.3 Å². The molecule has 5 nitrogen and oxygen atoms in total. The van der Waals surface area contributed by atoms with E-state index in [1.165, 1.54) is 11.1 Å². The highest BCUT2D eigenvalue weighted by atomic mass is 16.1. The molecule has 5 heteroatoms. The summed E-state index contributed by atoms with van der Waals surface area (Å²) in [4.78, 5) is 28.5. The fraction of sp³-hybridized carbons (Fsp3) is 0.241. The van der Waals surface area contributed by atoms with Crippen molar-refractivity contribution in [3.63, 3.8) is 0 Å². The summed E-state index contributed by atoms with van der Waals surface area (Å²) in [7, 11) is 1.65. The molecule has 0 radical (unpaired) electrons. The van der Waals surface area contributed by atoms with Crippen molar-refractivity contribution in [1.29, 1.82) is 0 Å². The van der Waals surface area contributed by atoms with Gasteiger partial charge in [-0.1, -0.05) is 72.3 Å². The highest BCUT2D eigenvalue weighted by Gasteiger charge is 2.24. The van der Waals surface area contributed by atoms with E-state index in [9.17, 15) is 9.59 Å². The van der Waals surface area contributed by atoms with E-state index in [1.54, 1.807) is 13.2 Å². The summed E-state index contributed by atoms with van der Waals surface area (Å²) in [5.41, 5.74) is 6.08. The number of fused-ring (bicyclic) bond motifs is 1. The van der Waals surface area contributed by atoms with Crippen LogP contribution < -0.4 is 10.6 Å². The fourth-order valence-electron chi connectivity index (χ4n) is 4.19.